The summed E-state index contributed by atoms with van der Waals surface area (Å²) in [7, 11) is 0. The number of aromatic nitrogens is 2. The van der Waals surface area contributed by atoms with Crippen molar-refractivity contribution in [3.8, 4) is 0 Å². The molecule has 0 radical (unpaired) electrons. The van der Waals surface area contributed by atoms with Crippen molar-refractivity contribution in [3.63, 3.8) is 0 Å². The Balaban J connectivity index is 0.000000389. The smallest absolute Gasteiger partial charge is 0.545 e. The molecule has 0 aliphatic rings. The molecule has 4 aromatic rings. The monoisotopic (exact) mass is 506 g/mol. The van der Waals surface area contributed by atoms with E-state index in [1.807, 2.05) is 36.4 Å². The largest absolute Gasteiger partial charge is 2.00 e. The van der Waals surface area contributed by atoms with E-state index in [4.69, 9.17) is 0 Å². The van der Waals surface area contributed by atoms with Crippen molar-refractivity contribution in [3.05, 3.63) is 133 Å². The first-order valence-corrected chi connectivity index (χ1v) is 8.84. The maximum atomic E-state index is 10.1. The van der Waals surface area contributed by atoms with Crippen molar-refractivity contribution in [2.24, 2.45) is 0 Å². The number of carboxylic acids is 2. The topological polar surface area (TPSA) is 106 Å². The molecule has 0 aliphatic heterocycles. The molecule has 0 bridgehead atoms. The van der Waals surface area contributed by atoms with Crippen LogP contribution in [0.2, 0.25) is 0 Å². The average Bonchev–Trinajstić information content (AvgIpc) is 2.84. The summed E-state index contributed by atoms with van der Waals surface area (Å²) in [6.07, 6.45) is 7.00. The van der Waals surface area contributed by atoms with Crippen LogP contribution in [0, 0.1) is 0 Å². The Morgan fingerprint density at radius 2 is 0.742 bits per heavy atom. The number of hydrogen-bond donors (Lipinski definition) is 0. The average molecular weight is 507 g/mol. The van der Waals surface area contributed by atoms with Crippen LogP contribution in [-0.2, 0) is 20.4 Å². The maximum Gasteiger partial charge on any atom is 2.00 e. The number of carboxylic acid groups (broad SMARTS) is 2. The number of nitrogens with zero attached hydrogens (tertiary/aromatic N) is 2. The van der Waals surface area contributed by atoms with Crippen molar-refractivity contribution < 1.29 is 40.2 Å². The quantitative estimate of drug-likeness (QED) is 0.386. The summed E-state index contributed by atoms with van der Waals surface area (Å²) in [5, 5.41) is 20.2. The summed E-state index contributed by atoms with van der Waals surface area (Å²) < 4.78 is 0. The van der Waals surface area contributed by atoms with E-state index in [0.29, 0.717) is 0 Å². The Morgan fingerprint density at radius 1 is 0.484 bits per heavy atom. The minimum Gasteiger partial charge on any atom is -0.545 e. The van der Waals surface area contributed by atoms with Gasteiger partial charge in [-0.1, -0.05) is 72.8 Å². The Labute approximate surface area is 194 Å². The van der Waals surface area contributed by atoms with Crippen LogP contribution in [0.5, 0.6) is 0 Å². The van der Waals surface area contributed by atoms with Gasteiger partial charge in [-0.05, 0) is 35.4 Å². The van der Waals surface area contributed by atoms with Gasteiger partial charge in [0.25, 0.3) is 0 Å². The van der Waals surface area contributed by atoms with Gasteiger partial charge in [0, 0.05) is 24.8 Å². The van der Waals surface area contributed by atoms with E-state index in [1.165, 1.54) is 24.3 Å². The zero-order valence-electron chi connectivity index (χ0n) is 16.4. The van der Waals surface area contributed by atoms with E-state index in [2.05, 4.69) is 9.97 Å². The van der Waals surface area contributed by atoms with Crippen molar-refractivity contribution in [1.82, 2.24) is 9.97 Å². The van der Waals surface area contributed by atoms with Gasteiger partial charge in [0.2, 0.25) is 0 Å². The first kappa shape index (κ1) is 27.3. The fourth-order valence-corrected chi connectivity index (χ4v) is 1.77. The zero-order valence-corrected chi connectivity index (χ0v) is 17.9. The summed E-state index contributed by atoms with van der Waals surface area (Å²) in [6, 6.07) is 27.6. The number of rotatable bonds is 2. The van der Waals surface area contributed by atoms with Gasteiger partial charge in [0.15, 0.2) is 0 Å². The van der Waals surface area contributed by atoms with Crippen LogP contribution in [0.3, 0.4) is 0 Å². The minimum atomic E-state index is -1.13. The van der Waals surface area contributed by atoms with Gasteiger partial charge >= 0.3 is 20.4 Å². The molecule has 6 nitrogen and oxygen atoms in total. The molecule has 160 valence electrons. The van der Waals surface area contributed by atoms with Crippen molar-refractivity contribution >= 4 is 11.9 Å². The Kier molecular flexibility index (Phi) is 16.2. The van der Waals surface area contributed by atoms with E-state index in [1.54, 1.807) is 61.2 Å². The molecule has 0 fully saturated rings. The third-order valence-electron chi connectivity index (χ3n) is 3.15. The molecule has 0 saturated carbocycles. The van der Waals surface area contributed by atoms with E-state index in [9.17, 15) is 19.8 Å². The molecule has 0 atom stereocenters. The second-order valence-corrected chi connectivity index (χ2v) is 5.36. The summed E-state index contributed by atoms with van der Waals surface area (Å²) in [5.41, 5.74) is 0.440. The number of pyridine rings is 2. The molecule has 31 heavy (non-hydrogen) atoms. The molecule has 0 saturated heterocycles. The minimum absolute atomic E-state index is 0. The number of benzene rings is 2. The Morgan fingerprint density at radius 3 is 0.871 bits per heavy atom. The first-order valence-electron chi connectivity index (χ1n) is 8.84. The molecule has 0 unspecified atom stereocenters. The zero-order chi connectivity index (χ0) is 21.9. The fourth-order valence-electron chi connectivity index (χ4n) is 1.77. The molecule has 0 aliphatic carbocycles. The van der Waals surface area contributed by atoms with E-state index < -0.39 is 11.9 Å². The van der Waals surface area contributed by atoms with Crippen LogP contribution >= 0.6 is 0 Å². The second-order valence-electron chi connectivity index (χ2n) is 5.36. The summed E-state index contributed by atoms with van der Waals surface area (Å²) >= 11 is 0. The van der Waals surface area contributed by atoms with Crippen LogP contribution < -0.4 is 10.2 Å². The predicted octanol–water partition coefficient (Wildman–Crippen LogP) is 2.26. The van der Waals surface area contributed by atoms with Gasteiger partial charge in [-0.25, -0.2) is 0 Å². The van der Waals surface area contributed by atoms with Crippen molar-refractivity contribution in [1.29, 1.82) is 0 Å². The molecule has 2 aromatic heterocycles. The van der Waals surface area contributed by atoms with Crippen LogP contribution in [-0.4, -0.2) is 21.9 Å². The molecule has 4 rings (SSSR count). The third kappa shape index (κ3) is 14.9. The number of carbonyl (C=O) groups excluding carboxylic acids is 2. The summed E-state index contributed by atoms with van der Waals surface area (Å²) in [6.45, 7) is 0. The van der Waals surface area contributed by atoms with Gasteiger partial charge < -0.3 is 19.8 Å². The second kappa shape index (κ2) is 18.4. The Bertz CT molecular complexity index is 808. The molecule has 0 N–H and O–H groups in total. The van der Waals surface area contributed by atoms with E-state index in [0.717, 1.165) is 0 Å². The van der Waals surface area contributed by atoms with Crippen LogP contribution in [0.4, 0.5) is 0 Å². The predicted molar refractivity (Wildman–Crippen MR) is 110 cm³/mol. The molecule has 2 heterocycles. The molecule has 7 heteroatoms. The third-order valence-corrected chi connectivity index (χ3v) is 3.15. The van der Waals surface area contributed by atoms with Gasteiger partial charge in [-0.2, -0.15) is 0 Å². The molecule has 2 aromatic carbocycles. The molecule has 0 spiro atoms. The molecular formula is C24H20N2O4Pd. The maximum absolute atomic E-state index is 10.1. The number of hydrogen-bond acceptors (Lipinski definition) is 6. The fraction of sp³-hybridized carbons (Fsp3) is 0. The van der Waals surface area contributed by atoms with Crippen molar-refractivity contribution in [2.45, 2.75) is 0 Å². The van der Waals surface area contributed by atoms with Gasteiger partial charge in [0.1, 0.15) is 0 Å². The first-order chi connectivity index (χ1) is 14.6. The Hall–Kier alpha value is -3.66. The van der Waals surface area contributed by atoms with Crippen LogP contribution in [0.1, 0.15) is 20.7 Å². The van der Waals surface area contributed by atoms with Gasteiger partial charge in [0.05, 0.1) is 11.9 Å². The van der Waals surface area contributed by atoms with Crippen LogP contribution in [0.15, 0.2) is 122 Å². The summed E-state index contributed by atoms with van der Waals surface area (Å²) in [4.78, 5) is 27.7. The molecular weight excluding hydrogens is 487 g/mol. The van der Waals surface area contributed by atoms with Crippen molar-refractivity contribution in [2.75, 3.05) is 0 Å². The number of aromatic carboxylic acids is 2. The summed E-state index contributed by atoms with van der Waals surface area (Å²) in [5.74, 6) is -2.26. The molecule has 0 amide bonds. The van der Waals surface area contributed by atoms with Crippen LogP contribution in [0.25, 0.3) is 0 Å². The van der Waals surface area contributed by atoms with E-state index >= 15 is 0 Å². The van der Waals surface area contributed by atoms with Gasteiger partial charge in [-0.3, -0.25) is 9.97 Å². The standard InChI is InChI=1S/2C7H6O2.2C5H5N.Pd/c2*8-7(9)6-4-2-1-3-5-6;2*1-2-4-6-5-3-1;/h2*1-5H,(H,8,9);2*1-5H;/q;;;;+2/p-2. The SMILES string of the molecule is O=C([O-])c1ccccc1.O=C([O-])c1ccccc1.[Pd+2].c1ccncc1.c1ccncc1. The normalized spacial score (nSPS) is 8.26. The van der Waals surface area contributed by atoms with E-state index in [-0.39, 0.29) is 31.5 Å². The number of carbonyl (C=O) groups is 2. The van der Waals surface area contributed by atoms with Gasteiger partial charge in [-0.15, -0.1) is 0 Å².